The van der Waals surface area contributed by atoms with Crippen molar-refractivity contribution >= 4 is 28.3 Å². The molecule has 2 amide bonds. The number of anilines is 1. The van der Waals surface area contributed by atoms with Gasteiger partial charge in [-0.2, -0.15) is 0 Å². The van der Waals surface area contributed by atoms with Crippen molar-refractivity contribution in [2.75, 3.05) is 18.5 Å². The molecular formula is C29H26N2O3. The molecule has 170 valence electrons. The summed E-state index contributed by atoms with van der Waals surface area (Å²) in [5.74, 6) is -0.578. The molecule has 0 aliphatic carbocycles. The van der Waals surface area contributed by atoms with Gasteiger partial charge in [-0.1, -0.05) is 72.8 Å². The van der Waals surface area contributed by atoms with E-state index in [4.69, 9.17) is 10.5 Å². The lowest BCUT2D eigenvalue weighted by Gasteiger charge is -2.36. The standard InChI is InChI=1S/C29H26N2O3/c30-27(32)25-13-12-24(19-26(25)21-7-2-1-3-8-21)31-28(33)29(14-16-34-17-15-29)23-11-10-20-6-4-5-9-22(20)18-23/h1-13,18-19H,14-17H2,(H2,30,32)(H,31,33). The minimum atomic E-state index is -0.697. The summed E-state index contributed by atoms with van der Waals surface area (Å²) in [6.45, 7) is 1.05. The average Bonchev–Trinajstić information content (AvgIpc) is 2.89. The molecule has 0 unspecified atom stereocenters. The Hall–Kier alpha value is -3.96. The molecule has 4 aromatic carbocycles. The molecule has 34 heavy (non-hydrogen) atoms. The highest BCUT2D eigenvalue weighted by Gasteiger charge is 2.42. The Morgan fingerprint density at radius 1 is 0.794 bits per heavy atom. The highest BCUT2D eigenvalue weighted by atomic mass is 16.5. The van der Waals surface area contributed by atoms with Crippen LogP contribution in [-0.2, 0) is 14.9 Å². The zero-order valence-electron chi connectivity index (χ0n) is 18.8. The predicted octanol–water partition coefficient (Wildman–Crippen LogP) is 5.29. The van der Waals surface area contributed by atoms with Crippen LogP contribution in [0.5, 0.6) is 0 Å². The number of benzene rings is 4. The van der Waals surface area contributed by atoms with Gasteiger partial charge < -0.3 is 15.8 Å². The monoisotopic (exact) mass is 450 g/mol. The zero-order chi connectivity index (χ0) is 23.5. The number of carbonyl (C=O) groups is 2. The van der Waals surface area contributed by atoms with Crippen molar-refractivity contribution in [2.24, 2.45) is 5.73 Å². The highest BCUT2D eigenvalue weighted by Crippen LogP contribution is 2.38. The smallest absolute Gasteiger partial charge is 0.249 e. The van der Waals surface area contributed by atoms with Crippen LogP contribution in [0.4, 0.5) is 5.69 Å². The first-order chi connectivity index (χ1) is 16.6. The topological polar surface area (TPSA) is 81.4 Å². The van der Waals surface area contributed by atoms with Gasteiger partial charge in [0.25, 0.3) is 0 Å². The Kier molecular flexibility index (Phi) is 5.86. The first-order valence-corrected chi connectivity index (χ1v) is 11.4. The third-order valence-corrected chi connectivity index (χ3v) is 6.71. The maximum atomic E-state index is 13.8. The lowest BCUT2D eigenvalue weighted by Crippen LogP contribution is -2.44. The van der Waals surface area contributed by atoms with Gasteiger partial charge in [0.15, 0.2) is 0 Å². The number of amides is 2. The third-order valence-electron chi connectivity index (χ3n) is 6.71. The Bertz CT molecular complexity index is 1360. The van der Waals surface area contributed by atoms with E-state index in [-0.39, 0.29) is 5.91 Å². The number of primary amides is 1. The van der Waals surface area contributed by atoms with Crippen molar-refractivity contribution in [2.45, 2.75) is 18.3 Å². The first kappa shape index (κ1) is 21.9. The van der Waals surface area contributed by atoms with Crippen LogP contribution in [0.1, 0.15) is 28.8 Å². The lowest BCUT2D eigenvalue weighted by atomic mass is 9.73. The van der Waals surface area contributed by atoms with Crippen LogP contribution in [-0.4, -0.2) is 25.0 Å². The molecule has 1 saturated heterocycles. The van der Waals surface area contributed by atoms with E-state index >= 15 is 0 Å². The molecule has 1 aliphatic heterocycles. The molecule has 3 N–H and O–H groups in total. The largest absolute Gasteiger partial charge is 0.381 e. The molecule has 0 saturated carbocycles. The molecular weight excluding hydrogens is 424 g/mol. The van der Waals surface area contributed by atoms with Gasteiger partial charge in [-0.15, -0.1) is 0 Å². The maximum Gasteiger partial charge on any atom is 0.249 e. The normalized spacial score (nSPS) is 15.1. The molecule has 0 aromatic heterocycles. The fourth-order valence-electron chi connectivity index (χ4n) is 4.80. The third kappa shape index (κ3) is 4.06. The molecule has 0 atom stereocenters. The number of nitrogens with two attached hydrogens (primary N) is 1. The second kappa shape index (κ2) is 9.12. The number of ether oxygens (including phenoxy) is 1. The van der Waals surface area contributed by atoms with E-state index in [0.717, 1.165) is 21.9 Å². The molecule has 5 heteroatoms. The van der Waals surface area contributed by atoms with Gasteiger partial charge in [0.2, 0.25) is 11.8 Å². The van der Waals surface area contributed by atoms with E-state index in [1.54, 1.807) is 12.1 Å². The van der Waals surface area contributed by atoms with Crippen LogP contribution in [0, 0.1) is 0 Å². The summed E-state index contributed by atoms with van der Waals surface area (Å²) >= 11 is 0. The van der Waals surface area contributed by atoms with Crippen LogP contribution < -0.4 is 11.1 Å². The summed E-state index contributed by atoms with van der Waals surface area (Å²) in [5.41, 5.74) is 8.51. The number of hydrogen-bond acceptors (Lipinski definition) is 3. The van der Waals surface area contributed by atoms with Gasteiger partial charge >= 0.3 is 0 Å². The van der Waals surface area contributed by atoms with Gasteiger partial charge in [0.05, 0.1) is 5.41 Å². The van der Waals surface area contributed by atoms with Gasteiger partial charge in [0.1, 0.15) is 0 Å². The summed E-state index contributed by atoms with van der Waals surface area (Å²) in [4.78, 5) is 25.9. The van der Waals surface area contributed by atoms with Crippen LogP contribution in [0.2, 0.25) is 0 Å². The van der Waals surface area contributed by atoms with Crippen molar-refractivity contribution in [3.8, 4) is 11.1 Å². The Morgan fingerprint density at radius 3 is 2.24 bits per heavy atom. The van der Waals surface area contributed by atoms with E-state index in [0.29, 0.717) is 42.9 Å². The van der Waals surface area contributed by atoms with Gasteiger partial charge in [-0.3, -0.25) is 9.59 Å². The number of fused-ring (bicyclic) bond motifs is 1. The average molecular weight is 451 g/mol. The summed E-state index contributed by atoms with van der Waals surface area (Å²) in [7, 11) is 0. The van der Waals surface area contributed by atoms with E-state index in [1.165, 1.54) is 0 Å². The molecule has 1 aliphatic rings. The summed E-state index contributed by atoms with van der Waals surface area (Å²) in [6, 6.07) is 29.2. The highest BCUT2D eigenvalue weighted by molar-refractivity contribution is 6.03. The van der Waals surface area contributed by atoms with E-state index in [1.807, 2.05) is 48.5 Å². The van der Waals surface area contributed by atoms with Crippen molar-refractivity contribution in [3.05, 3.63) is 102 Å². The molecule has 0 radical (unpaired) electrons. The summed E-state index contributed by atoms with van der Waals surface area (Å²) in [6.07, 6.45) is 1.20. The number of carbonyl (C=O) groups excluding carboxylic acids is 2. The summed E-state index contributed by atoms with van der Waals surface area (Å²) in [5, 5.41) is 5.38. The zero-order valence-corrected chi connectivity index (χ0v) is 18.8. The fourth-order valence-corrected chi connectivity index (χ4v) is 4.80. The van der Waals surface area contributed by atoms with Crippen molar-refractivity contribution in [3.63, 3.8) is 0 Å². The molecule has 4 aromatic rings. The predicted molar refractivity (Wildman–Crippen MR) is 135 cm³/mol. The molecule has 5 rings (SSSR count). The summed E-state index contributed by atoms with van der Waals surface area (Å²) < 4.78 is 5.62. The number of hydrogen-bond donors (Lipinski definition) is 2. The fraction of sp³-hybridized carbons (Fsp3) is 0.172. The van der Waals surface area contributed by atoms with E-state index < -0.39 is 11.3 Å². The SMILES string of the molecule is NC(=O)c1ccc(NC(=O)C2(c3ccc4ccccc4c3)CCOCC2)cc1-c1ccccc1. The van der Waals surface area contributed by atoms with Crippen molar-refractivity contribution in [1.82, 2.24) is 0 Å². The molecule has 0 bridgehead atoms. The molecule has 5 nitrogen and oxygen atoms in total. The molecule has 1 fully saturated rings. The van der Waals surface area contributed by atoms with Crippen molar-refractivity contribution < 1.29 is 14.3 Å². The minimum absolute atomic E-state index is 0.0723. The second-order valence-corrected chi connectivity index (χ2v) is 8.70. The lowest BCUT2D eigenvalue weighted by molar-refractivity contribution is -0.125. The van der Waals surface area contributed by atoms with Crippen LogP contribution >= 0.6 is 0 Å². The number of nitrogens with one attached hydrogen (secondary N) is 1. The minimum Gasteiger partial charge on any atom is -0.381 e. The van der Waals surface area contributed by atoms with Gasteiger partial charge in [-0.25, -0.2) is 0 Å². The van der Waals surface area contributed by atoms with Crippen LogP contribution in [0.25, 0.3) is 21.9 Å². The molecule has 1 heterocycles. The Labute approximate surface area is 198 Å². The molecule has 0 spiro atoms. The van der Waals surface area contributed by atoms with E-state index in [2.05, 4.69) is 35.6 Å². The maximum absolute atomic E-state index is 13.8. The van der Waals surface area contributed by atoms with Gasteiger partial charge in [-0.05, 0) is 58.5 Å². The second-order valence-electron chi connectivity index (χ2n) is 8.70. The number of rotatable bonds is 5. The Morgan fingerprint density at radius 2 is 1.50 bits per heavy atom. The van der Waals surface area contributed by atoms with Gasteiger partial charge in [0, 0.05) is 24.5 Å². The quantitative estimate of drug-likeness (QED) is 0.433. The van der Waals surface area contributed by atoms with Crippen molar-refractivity contribution in [1.29, 1.82) is 0 Å². The van der Waals surface area contributed by atoms with E-state index in [9.17, 15) is 9.59 Å². The first-order valence-electron chi connectivity index (χ1n) is 11.4. The Balaban J connectivity index is 1.52. The van der Waals surface area contributed by atoms with Crippen LogP contribution in [0.3, 0.4) is 0 Å². The van der Waals surface area contributed by atoms with Crippen LogP contribution in [0.15, 0.2) is 91.0 Å².